The van der Waals surface area contributed by atoms with Crippen LogP contribution in [0, 0.1) is 13.8 Å². The summed E-state index contributed by atoms with van der Waals surface area (Å²) in [5.74, 6) is 0.821. The summed E-state index contributed by atoms with van der Waals surface area (Å²) in [4.78, 5) is 5.33. The molecule has 0 fully saturated rings. The van der Waals surface area contributed by atoms with Crippen LogP contribution in [0.4, 0.5) is 5.13 Å². The number of fused-ring (bicyclic) bond motifs is 1. The maximum Gasteiger partial charge on any atom is 0.214 e. The number of nitrogens with zero attached hydrogens (tertiary/aromatic N) is 3. The lowest BCUT2D eigenvalue weighted by Crippen LogP contribution is -1.92. The molecule has 3 aromatic rings. The molecule has 2 heterocycles. The molecule has 98 valence electrons. The van der Waals surface area contributed by atoms with Gasteiger partial charge in [-0.3, -0.25) is 0 Å². The number of rotatable bonds is 2. The van der Waals surface area contributed by atoms with Crippen LogP contribution in [-0.2, 0) is 0 Å². The molecule has 0 unspecified atom stereocenters. The van der Waals surface area contributed by atoms with E-state index in [1.165, 1.54) is 22.5 Å². The molecule has 0 aliphatic carbocycles. The van der Waals surface area contributed by atoms with Gasteiger partial charge in [0.25, 0.3) is 0 Å². The highest BCUT2D eigenvalue weighted by Crippen LogP contribution is 2.33. The molecule has 5 nitrogen and oxygen atoms in total. The molecule has 0 radical (unpaired) electrons. The Morgan fingerprint density at radius 2 is 2.00 bits per heavy atom. The van der Waals surface area contributed by atoms with Crippen molar-refractivity contribution in [2.45, 2.75) is 13.8 Å². The van der Waals surface area contributed by atoms with E-state index in [2.05, 4.69) is 30.0 Å². The molecular formula is C13H14N4OS. The first-order valence-electron chi connectivity index (χ1n) is 5.86. The first kappa shape index (κ1) is 12.0. The molecule has 6 heteroatoms. The van der Waals surface area contributed by atoms with Gasteiger partial charge in [-0.25, -0.2) is 9.50 Å². The standard InChI is InChI=1S/C13H14N4OS/c1-7-4-9(11(18-3)5-8(7)2)10-6-17-13(15-10)19-12(14)16-17/h4-6H,1-3H3,(H2,14,16). The summed E-state index contributed by atoms with van der Waals surface area (Å²) in [7, 11) is 1.67. The second-order valence-electron chi connectivity index (χ2n) is 4.43. The van der Waals surface area contributed by atoms with Crippen LogP contribution in [0.15, 0.2) is 18.3 Å². The van der Waals surface area contributed by atoms with Gasteiger partial charge in [0.05, 0.1) is 19.0 Å². The molecule has 0 bridgehead atoms. The van der Waals surface area contributed by atoms with Gasteiger partial charge in [-0.2, -0.15) is 0 Å². The number of anilines is 1. The number of hydrogen-bond donors (Lipinski definition) is 1. The van der Waals surface area contributed by atoms with Crippen LogP contribution in [0.2, 0.25) is 0 Å². The summed E-state index contributed by atoms with van der Waals surface area (Å²) >= 11 is 1.37. The van der Waals surface area contributed by atoms with E-state index in [1.54, 1.807) is 11.6 Å². The first-order chi connectivity index (χ1) is 9.08. The molecule has 0 aliphatic rings. The van der Waals surface area contributed by atoms with Gasteiger partial charge in [0.15, 0.2) is 0 Å². The molecule has 0 aliphatic heterocycles. The largest absolute Gasteiger partial charge is 0.496 e. The van der Waals surface area contributed by atoms with Crippen molar-refractivity contribution in [3.63, 3.8) is 0 Å². The van der Waals surface area contributed by atoms with E-state index in [4.69, 9.17) is 10.5 Å². The molecule has 3 rings (SSSR count). The van der Waals surface area contributed by atoms with E-state index in [0.717, 1.165) is 22.0 Å². The molecule has 19 heavy (non-hydrogen) atoms. The monoisotopic (exact) mass is 274 g/mol. The van der Waals surface area contributed by atoms with Gasteiger partial charge >= 0.3 is 0 Å². The van der Waals surface area contributed by atoms with Gasteiger partial charge in [-0.1, -0.05) is 11.3 Å². The Hall–Kier alpha value is -2.08. The van der Waals surface area contributed by atoms with Gasteiger partial charge in [0, 0.05) is 5.56 Å². The minimum atomic E-state index is 0.515. The molecule has 0 atom stereocenters. The van der Waals surface area contributed by atoms with E-state index in [0.29, 0.717) is 5.13 Å². The van der Waals surface area contributed by atoms with Crippen molar-refractivity contribution in [1.82, 2.24) is 14.6 Å². The normalized spacial score (nSPS) is 11.1. The third-order valence-electron chi connectivity index (χ3n) is 3.15. The number of nitrogens with two attached hydrogens (primary N) is 1. The highest BCUT2D eigenvalue weighted by molar-refractivity contribution is 7.20. The average Bonchev–Trinajstić information content (AvgIpc) is 2.89. The Kier molecular flexibility index (Phi) is 2.67. The maximum atomic E-state index is 5.65. The fraction of sp³-hybridized carbons (Fsp3) is 0.231. The Morgan fingerprint density at radius 1 is 1.26 bits per heavy atom. The predicted octanol–water partition coefficient (Wildman–Crippen LogP) is 2.67. The topological polar surface area (TPSA) is 65.4 Å². The fourth-order valence-electron chi connectivity index (χ4n) is 2.00. The van der Waals surface area contributed by atoms with E-state index in [-0.39, 0.29) is 0 Å². The molecular weight excluding hydrogens is 260 g/mol. The number of hydrogen-bond acceptors (Lipinski definition) is 5. The van der Waals surface area contributed by atoms with Crippen LogP contribution in [0.5, 0.6) is 5.75 Å². The van der Waals surface area contributed by atoms with Gasteiger partial charge in [-0.15, -0.1) is 5.10 Å². The van der Waals surface area contributed by atoms with Gasteiger partial charge in [-0.05, 0) is 37.1 Å². The summed E-state index contributed by atoms with van der Waals surface area (Å²) in [6.07, 6.45) is 1.87. The zero-order valence-corrected chi connectivity index (χ0v) is 11.8. The highest BCUT2D eigenvalue weighted by atomic mass is 32.1. The van der Waals surface area contributed by atoms with Crippen LogP contribution in [-0.4, -0.2) is 21.7 Å². The van der Waals surface area contributed by atoms with Crippen molar-refractivity contribution in [2.24, 2.45) is 0 Å². The van der Waals surface area contributed by atoms with Crippen LogP contribution in [0.1, 0.15) is 11.1 Å². The third kappa shape index (κ3) is 1.94. The Bertz CT molecular complexity index is 728. The SMILES string of the molecule is COc1cc(C)c(C)cc1-c1cn2nc(N)sc2n1. The van der Waals surface area contributed by atoms with Gasteiger partial charge < -0.3 is 10.5 Å². The quantitative estimate of drug-likeness (QED) is 0.780. The second kappa shape index (κ2) is 4.24. The number of benzene rings is 1. The third-order valence-corrected chi connectivity index (χ3v) is 3.90. The number of aryl methyl sites for hydroxylation is 2. The number of methoxy groups -OCH3 is 1. The van der Waals surface area contributed by atoms with Crippen molar-refractivity contribution in [1.29, 1.82) is 0 Å². The lowest BCUT2D eigenvalue weighted by atomic mass is 10.0. The van der Waals surface area contributed by atoms with Crippen molar-refractivity contribution < 1.29 is 4.74 Å². The number of ether oxygens (including phenoxy) is 1. The minimum Gasteiger partial charge on any atom is -0.496 e. The zero-order valence-electron chi connectivity index (χ0n) is 11.0. The zero-order chi connectivity index (χ0) is 13.6. The highest BCUT2D eigenvalue weighted by Gasteiger charge is 2.13. The number of nitrogen functional groups attached to an aromatic ring is 1. The van der Waals surface area contributed by atoms with E-state index < -0.39 is 0 Å². The van der Waals surface area contributed by atoms with Crippen LogP contribution in [0.3, 0.4) is 0 Å². The minimum absolute atomic E-state index is 0.515. The lowest BCUT2D eigenvalue weighted by molar-refractivity contribution is 0.416. The van der Waals surface area contributed by atoms with E-state index in [9.17, 15) is 0 Å². The Morgan fingerprint density at radius 3 is 2.68 bits per heavy atom. The first-order valence-corrected chi connectivity index (χ1v) is 6.67. The number of aromatic nitrogens is 3. The summed E-state index contributed by atoms with van der Waals surface area (Å²) in [5, 5.41) is 4.68. The molecule has 2 aromatic heterocycles. The molecule has 0 amide bonds. The van der Waals surface area contributed by atoms with Gasteiger partial charge in [0.2, 0.25) is 10.1 Å². The molecule has 2 N–H and O–H groups in total. The van der Waals surface area contributed by atoms with E-state index in [1.807, 2.05) is 12.3 Å². The molecule has 1 aromatic carbocycles. The van der Waals surface area contributed by atoms with Crippen molar-refractivity contribution >= 4 is 21.4 Å². The lowest BCUT2D eigenvalue weighted by Gasteiger charge is -2.09. The summed E-state index contributed by atoms with van der Waals surface area (Å²) < 4.78 is 7.14. The fourth-order valence-corrected chi connectivity index (χ4v) is 2.65. The second-order valence-corrected chi connectivity index (χ2v) is 5.42. The van der Waals surface area contributed by atoms with Crippen molar-refractivity contribution in [2.75, 3.05) is 12.8 Å². The van der Waals surface area contributed by atoms with Crippen molar-refractivity contribution in [3.8, 4) is 17.0 Å². The predicted molar refractivity (Wildman–Crippen MR) is 76.7 cm³/mol. The summed E-state index contributed by atoms with van der Waals surface area (Å²) in [6.45, 7) is 4.14. The van der Waals surface area contributed by atoms with Gasteiger partial charge in [0.1, 0.15) is 5.75 Å². The summed E-state index contributed by atoms with van der Waals surface area (Å²) in [5.41, 5.74) is 9.87. The molecule has 0 spiro atoms. The smallest absolute Gasteiger partial charge is 0.214 e. The summed E-state index contributed by atoms with van der Waals surface area (Å²) in [6, 6.07) is 4.11. The molecule has 0 saturated heterocycles. The van der Waals surface area contributed by atoms with Crippen LogP contribution in [0.25, 0.3) is 16.2 Å². The van der Waals surface area contributed by atoms with Crippen LogP contribution >= 0.6 is 11.3 Å². The number of imidazole rings is 1. The van der Waals surface area contributed by atoms with Crippen molar-refractivity contribution in [3.05, 3.63) is 29.5 Å². The Labute approximate surface area is 114 Å². The Balaban J connectivity index is 2.19. The van der Waals surface area contributed by atoms with E-state index >= 15 is 0 Å². The maximum absolute atomic E-state index is 5.65. The molecule has 0 saturated carbocycles. The van der Waals surface area contributed by atoms with Crippen LogP contribution < -0.4 is 10.5 Å². The average molecular weight is 274 g/mol.